The number of rotatable bonds is 7. The van der Waals surface area contributed by atoms with Gasteiger partial charge in [0.2, 0.25) is 0 Å². The minimum atomic E-state index is 0.562. The molecule has 0 amide bonds. The predicted molar refractivity (Wildman–Crippen MR) is 86.7 cm³/mol. The van der Waals surface area contributed by atoms with Crippen LogP contribution in [-0.2, 0) is 6.54 Å². The summed E-state index contributed by atoms with van der Waals surface area (Å²) in [6, 6.07) is 9.89. The van der Waals surface area contributed by atoms with Crippen molar-refractivity contribution in [1.29, 1.82) is 0 Å². The van der Waals surface area contributed by atoms with Crippen molar-refractivity contribution in [2.45, 2.75) is 32.0 Å². The molecule has 0 aliphatic rings. The molecule has 5 heteroatoms. The molecule has 0 aliphatic heterocycles. The van der Waals surface area contributed by atoms with Crippen molar-refractivity contribution in [3.8, 4) is 5.75 Å². The van der Waals surface area contributed by atoms with Crippen LogP contribution in [0, 0.1) is 13.8 Å². The highest BCUT2D eigenvalue weighted by molar-refractivity contribution is 7.99. The van der Waals surface area contributed by atoms with Crippen LogP contribution in [0.3, 0.4) is 0 Å². The lowest BCUT2D eigenvalue weighted by Gasteiger charge is -2.07. The highest BCUT2D eigenvalue weighted by atomic mass is 32.2. The predicted octanol–water partition coefficient (Wildman–Crippen LogP) is 3.11. The van der Waals surface area contributed by atoms with Gasteiger partial charge in [0.05, 0.1) is 6.61 Å². The molecule has 2 N–H and O–H groups in total. The van der Waals surface area contributed by atoms with E-state index < -0.39 is 0 Å². The van der Waals surface area contributed by atoms with Crippen LogP contribution in [0.2, 0.25) is 0 Å². The largest absolute Gasteiger partial charge is 0.494 e. The summed E-state index contributed by atoms with van der Waals surface area (Å²) in [5.74, 6) is 1.84. The molecular weight excluding hydrogens is 282 g/mol. The summed E-state index contributed by atoms with van der Waals surface area (Å²) >= 11 is 1.67. The van der Waals surface area contributed by atoms with E-state index in [4.69, 9.17) is 10.5 Å². The fourth-order valence-electron chi connectivity index (χ4n) is 1.89. The molecule has 0 saturated heterocycles. The molecule has 2 rings (SSSR count). The molecule has 1 aromatic carbocycles. The normalized spacial score (nSPS) is 10.6. The lowest BCUT2D eigenvalue weighted by atomic mass is 10.2. The van der Waals surface area contributed by atoms with Crippen molar-refractivity contribution in [3.63, 3.8) is 0 Å². The molecule has 112 valence electrons. The van der Waals surface area contributed by atoms with Gasteiger partial charge in [-0.25, -0.2) is 9.97 Å². The van der Waals surface area contributed by atoms with Crippen molar-refractivity contribution in [2.24, 2.45) is 5.73 Å². The van der Waals surface area contributed by atoms with E-state index in [1.807, 2.05) is 44.2 Å². The number of thioether (sulfide) groups is 1. The fourth-order valence-corrected chi connectivity index (χ4v) is 2.75. The molecule has 1 aromatic heterocycles. The molecule has 0 aliphatic carbocycles. The van der Waals surface area contributed by atoms with E-state index in [1.165, 1.54) is 0 Å². The number of hydrogen-bond acceptors (Lipinski definition) is 5. The Bertz CT molecular complexity index is 552. The van der Waals surface area contributed by atoms with Crippen LogP contribution >= 0.6 is 11.8 Å². The lowest BCUT2D eigenvalue weighted by molar-refractivity contribution is 0.318. The zero-order chi connectivity index (χ0) is 15.1. The molecule has 0 bridgehead atoms. The summed E-state index contributed by atoms with van der Waals surface area (Å²) < 4.78 is 5.70. The van der Waals surface area contributed by atoms with Crippen LogP contribution < -0.4 is 10.5 Å². The van der Waals surface area contributed by atoms with Crippen LogP contribution in [0.5, 0.6) is 5.75 Å². The van der Waals surface area contributed by atoms with Gasteiger partial charge in [0.15, 0.2) is 5.16 Å². The second kappa shape index (κ2) is 8.00. The number of nitrogens with zero attached hydrogens (tertiary/aromatic N) is 2. The Morgan fingerprint density at radius 3 is 2.38 bits per heavy atom. The van der Waals surface area contributed by atoms with Gasteiger partial charge in [0.25, 0.3) is 0 Å². The molecule has 0 atom stereocenters. The van der Waals surface area contributed by atoms with Gasteiger partial charge < -0.3 is 10.5 Å². The number of ether oxygens (including phenoxy) is 1. The van der Waals surface area contributed by atoms with Gasteiger partial charge in [0, 0.05) is 23.7 Å². The number of benzene rings is 1. The van der Waals surface area contributed by atoms with E-state index in [-0.39, 0.29) is 0 Å². The number of aryl methyl sites for hydroxylation is 2. The van der Waals surface area contributed by atoms with Crippen LogP contribution in [0.25, 0.3) is 0 Å². The van der Waals surface area contributed by atoms with E-state index in [2.05, 4.69) is 9.97 Å². The number of nitrogens with two attached hydrogens (primary N) is 1. The maximum absolute atomic E-state index is 5.70. The zero-order valence-electron chi connectivity index (χ0n) is 12.5. The highest BCUT2D eigenvalue weighted by Gasteiger charge is 2.01. The van der Waals surface area contributed by atoms with Gasteiger partial charge in [-0.2, -0.15) is 0 Å². The Morgan fingerprint density at radius 2 is 1.76 bits per heavy atom. The molecule has 0 unspecified atom stereocenters. The molecular formula is C16H21N3OS. The maximum atomic E-state index is 5.70. The summed E-state index contributed by atoms with van der Waals surface area (Å²) in [5.41, 5.74) is 8.71. The third kappa shape index (κ3) is 5.36. The highest BCUT2D eigenvalue weighted by Crippen LogP contribution is 2.16. The second-order valence-corrected chi connectivity index (χ2v) is 5.89. The average molecular weight is 303 g/mol. The monoisotopic (exact) mass is 303 g/mol. The van der Waals surface area contributed by atoms with Gasteiger partial charge in [-0.15, -0.1) is 0 Å². The Balaban J connectivity index is 1.69. The average Bonchev–Trinajstić information content (AvgIpc) is 2.46. The zero-order valence-corrected chi connectivity index (χ0v) is 13.3. The number of hydrogen-bond donors (Lipinski definition) is 1. The third-order valence-corrected chi connectivity index (χ3v) is 3.84. The Labute approximate surface area is 130 Å². The standard InChI is InChI=1S/C16H21N3OS/c1-12-10-13(2)19-16(18-12)21-9-3-8-20-15-6-4-14(11-17)5-7-15/h4-7,10H,3,8-9,11,17H2,1-2H3. The molecule has 1 heterocycles. The molecule has 0 saturated carbocycles. The Morgan fingerprint density at radius 1 is 1.10 bits per heavy atom. The van der Waals surface area contributed by atoms with Gasteiger partial charge >= 0.3 is 0 Å². The molecule has 2 aromatic rings. The van der Waals surface area contributed by atoms with E-state index >= 15 is 0 Å². The first-order valence-electron chi connectivity index (χ1n) is 7.04. The van der Waals surface area contributed by atoms with Crippen molar-refractivity contribution in [2.75, 3.05) is 12.4 Å². The first-order valence-corrected chi connectivity index (χ1v) is 8.03. The molecule has 0 radical (unpaired) electrons. The van der Waals surface area contributed by atoms with Gasteiger partial charge in [0.1, 0.15) is 5.75 Å². The van der Waals surface area contributed by atoms with E-state index in [0.717, 1.165) is 40.0 Å². The molecule has 4 nitrogen and oxygen atoms in total. The summed E-state index contributed by atoms with van der Waals surface area (Å²) in [4.78, 5) is 8.82. The van der Waals surface area contributed by atoms with Crippen molar-refractivity contribution >= 4 is 11.8 Å². The Hall–Kier alpha value is -1.59. The first kappa shape index (κ1) is 15.8. The number of aromatic nitrogens is 2. The van der Waals surface area contributed by atoms with Gasteiger partial charge in [-0.3, -0.25) is 0 Å². The fraction of sp³-hybridized carbons (Fsp3) is 0.375. The quantitative estimate of drug-likeness (QED) is 0.484. The topological polar surface area (TPSA) is 61.0 Å². The van der Waals surface area contributed by atoms with Crippen LogP contribution in [-0.4, -0.2) is 22.3 Å². The van der Waals surface area contributed by atoms with Crippen molar-refractivity contribution < 1.29 is 4.74 Å². The summed E-state index contributed by atoms with van der Waals surface area (Å²) in [6.07, 6.45) is 0.958. The molecule has 21 heavy (non-hydrogen) atoms. The van der Waals surface area contributed by atoms with E-state index in [1.54, 1.807) is 11.8 Å². The van der Waals surface area contributed by atoms with Gasteiger partial charge in [-0.1, -0.05) is 23.9 Å². The van der Waals surface area contributed by atoms with Crippen LogP contribution in [0.15, 0.2) is 35.5 Å². The summed E-state index contributed by atoms with van der Waals surface area (Å²) in [7, 11) is 0. The van der Waals surface area contributed by atoms with E-state index in [0.29, 0.717) is 13.2 Å². The SMILES string of the molecule is Cc1cc(C)nc(SCCCOc2ccc(CN)cc2)n1. The summed E-state index contributed by atoms with van der Waals surface area (Å²) in [5, 5.41) is 0.847. The maximum Gasteiger partial charge on any atom is 0.187 e. The van der Waals surface area contributed by atoms with Crippen LogP contribution in [0.1, 0.15) is 23.4 Å². The van der Waals surface area contributed by atoms with Gasteiger partial charge in [-0.05, 0) is 44.0 Å². The third-order valence-electron chi connectivity index (χ3n) is 2.91. The molecule has 0 spiro atoms. The minimum absolute atomic E-state index is 0.562. The first-order chi connectivity index (χ1) is 10.2. The molecule has 0 fully saturated rings. The second-order valence-electron chi connectivity index (χ2n) is 4.83. The van der Waals surface area contributed by atoms with Crippen molar-refractivity contribution in [3.05, 3.63) is 47.3 Å². The van der Waals surface area contributed by atoms with Crippen molar-refractivity contribution in [1.82, 2.24) is 9.97 Å². The Kier molecular flexibility index (Phi) is 6.02. The van der Waals surface area contributed by atoms with E-state index in [9.17, 15) is 0 Å². The smallest absolute Gasteiger partial charge is 0.187 e. The lowest BCUT2D eigenvalue weighted by Crippen LogP contribution is -2.00. The minimum Gasteiger partial charge on any atom is -0.494 e. The van der Waals surface area contributed by atoms with Crippen LogP contribution in [0.4, 0.5) is 0 Å². The summed E-state index contributed by atoms with van der Waals surface area (Å²) in [6.45, 7) is 5.24.